The highest BCUT2D eigenvalue weighted by Gasteiger charge is 2.27. The lowest BCUT2D eigenvalue weighted by atomic mass is 9.90. The smallest absolute Gasteiger partial charge is 0.335 e. The van der Waals surface area contributed by atoms with Crippen LogP contribution in [0.5, 0.6) is 11.5 Å². The number of nitrogens with zero attached hydrogens (tertiary/aromatic N) is 1. The SMILES string of the molecule is COc1ccccc1CC1CCN(CCSC2c3ccccc3COc3ccc(C(=O)O)cc32)CC1. The van der Waals surface area contributed by atoms with Crippen molar-refractivity contribution in [1.82, 2.24) is 4.90 Å². The summed E-state index contributed by atoms with van der Waals surface area (Å²) in [6.07, 6.45) is 3.48. The fraction of sp³-hybridized carbons (Fsp3) is 0.367. The molecule has 2 heterocycles. The molecular weight excluding hydrogens is 470 g/mol. The lowest BCUT2D eigenvalue weighted by molar-refractivity contribution is 0.0696. The van der Waals surface area contributed by atoms with Crippen LogP contribution in [0.2, 0.25) is 0 Å². The Morgan fingerprint density at radius 2 is 1.83 bits per heavy atom. The van der Waals surface area contributed by atoms with Crippen LogP contribution in [0.1, 0.15) is 50.7 Å². The minimum absolute atomic E-state index is 0.0566. The number of thioether (sulfide) groups is 1. The maximum atomic E-state index is 11.7. The Labute approximate surface area is 217 Å². The molecule has 0 aliphatic carbocycles. The third-order valence-corrected chi connectivity index (χ3v) is 8.62. The Morgan fingerprint density at radius 3 is 2.64 bits per heavy atom. The molecule has 1 N–H and O–H groups in total. The van der Waals surface area contributed by atoms with Gasteiger partial charge in [-0.05, 0) is 79.2 Å². The van der Waals surface area contributed by atoms with Crippen molar-refractivity contribution in [2.45, 2.75) is 31.1 Å². The highest BCUT2D eigenvalue weighted by atomic mass is 32.2. The van der Waals surface area contributed by atoms with E-state index in [1.165, 1.54) is 29.5 Å². The van der Waals surface area contributed by atoms with Gasteiger partial charge in [0.2, 0.25) is 0 Å². The summed E-state index contributed by atoms with van der Waals surface area (Å²) in [6, 6.07) is 22.0. The van der Waals surface area contributed by atoms with E-state index in [9.17, 15) is 9.90 Å². The first-order valence-electron chi connectivity index (χ1n) is 12.7. The van der Waals surface area contributed by atoms with Gasteiger partial charge in [0, 0.05) is 17.9 Å². The van der Waals surface area contributed by atoms with E-state index in [4.69, 9.17) is 9.47 Å². The van der Waals surface area contributed by atoms with E-state index in [-0.39, 0.29) is 5.25 Å². The van der Waals surface area contributed by atoms with E-state index in [1.54, 1.807) is 19.2 Å². The summed E-state index contributed by atoms with van der Waals surface area (Å²) in [5.74, 6) is 2.54. The molecule has 1 unspecified atom stereocenters. The fourth-order valence-corrected chi connectivity index (χ4v) is 6.71. The molecule has 0 bridgehead atoms. The molecule has 0 radical (unpaired) electrons. The molecule has 0 amide bonds. The van der Waals surface area contributed by atoms with Gasteiger partial charge in [-0.2, -0.15) is 0 Å². The minimum atomic E-state index is -0.907. The number of carbonyl (C=O) groups is 1. The summed E-state index contributed by atoms with van der Waals surface area (Å²) in [6.45, 7) is 3.76. The summed E-state index contributed by atoms with van der Waals surface area (Å²) < 4.78 is 11.6. The van der Waals surface area contributed by atoms with Gasteiger partial charge in [0.15, 0.2) is 0 Å². The standard InChI is InChI=1S/C30H33NO4S/c1-34-27-9-5-3-6-22(27)18-21-12-14-31(15-13-21)16-17-36-29-25-8-4-2-7-24(25)20-35-28-11-10-23(30(32)33)19-26(28)29/h2-11,19,21,29H,12-18,20H2,1H3,(H,32,33). The molecule has 1 atom stereocenters. The van der Waals surface area contributed by atoms with Crippen LogP contribution in [-0.4, -0.2) is 48.5 Å². The third-order valence-electron chi connectivity index (χ3n) is 7.36. The van der Waals surface area contributed by atoms with E-state index < -0.39 is 5.97 Å². The summed E-state index contributed by atoms with van der Waals surface area (Å²) in [5.41, 5.74) is 4.96. The first kappa shape index (κ1) is 24.7. The number of hydrogen-bond donors (Lipinski definition) is 1. The van der Waals surface area contributed by atoms with Gasteiger partial charge in [-0.25, -0.2) is 4.79 Å². The summed E-state index contributed by atoms with van der Waals surface area (Å²) >= 11 is 1.89. The van der Waals surface area contributed by atoms with E-state index >= 15 is 0 Å². The van der Waals surface area contributed by atoms with Crippen LogP contribution in [0.3, 0.4) is 0 Å². The Bertz CT molecular complexity index is 1210. The molecule has 2 aliphatic heterocycles. The van der Waals surface area contributed by atoms with E-state index in [0.29, 0.717) is 18.1 Å². The van der Waals surface area contributed by atoms with Crippen LogP contribution in [-0.2, 0) is 13.0 Å². The van der Waals surface area contributed by atoms with E-state index in [0.717, 1.165) is 48.9 Å². The number of ether oxygens (including phenoxy) is 2. The maximum Gasteiger partial charge on any atom is 0.335 e. The molecule has 3 aromatic carbocycles. The topological polar surface area (TPSA) is 59.0 Å². The van der Waals surface area contributed by atoms with Crippen LogP contribution in [0, 0.1) is 5.92 Å². The lowest BCUT2D eigenvalue weighted by Gasteiger charge is -2.32. The maximum absolute atomic E-state index is 11.7. The van der Waals surface area contributed by atoms with Crippen LogP contribution < -0.4 is 9.47 Å². The summed E-state index contributed by atoms with van der Waals surface area (Å²) in [5, 5.41) is 9.62. The van der Waals surface area contributed by atoms with Crippen LogP contribution in [0.25, 0.3) is 0 Å². The summed E-state index contributed by atoms with van der Waals surface area (Å²) in [4.78, 5) is 14.2. The van der Waals surface area contributed by atoms with Gasteiger partial charge in [-0.1, -0.05) is 42.5 Å². The number of benzene rings is 3. The molecule has 1 saturated heterocycles. The van der Waals surface area contributed by atoms with Gasteiger partial charge in [0.05, 0.1) is 17.9 Å². The van der Waals surface area contributed by atoms with Gasteiger partial charge in [0.25, 0.3) is 0 Å². The second-order valence-corrected chi connectivity index (χ2v) is 10.8. The van der Waals surface area contributed by atoms with E-state index in [1.807, 2.05) is 30.0 Å². The van der Waals surface area contributed by atoms with Crippen LogP contribution >= 0.6 is 11.8 Å². The van der Waals surface area contributed by atoms with Crippen molar-refractivity contribution in [1.29, 1.82) is 0 Å². The molecule has 0 aromatic heterocycles. The van der Waals surface area contributed by atoms with Crippen molar-refractivity contribution in [2.75, 3.05) is 32.5 Å². The number of rotatable bonds is 8. The lowest BCUT2D eigenvalue weighted by Crippen LogP contribution is -2.35. The number of para-hydroxylation sites is 1. The first-order valence-corrected chi connectivity index (χ1v) is 13.7. The molecule has 2 aliphatic rings. The number of fused-ring (bicyclic) bond motifs is 2. The first-order chi connectivity index (χ1) is 17.6. The number of hydrogen-bond acceptors (Lipinski definition) is 5. The van der Waals surface area contributed by atoms with Gasteiger partial charge in [0.1, 0.15) is 18.1 Å². The quantitative estimate of drug-likeness (QED) is 0.403. The number of carboxylic acid groups (broad SMARTS) is 1. The number of methoxy groups -OCH3 is 1. The number of aromatic carboxylic acids is 1. The molecule has 0 spiro atoms. The molecule has 1 fully saturated rings. The van der Waals surface area contributed by atoms with Gasteiger partial charge in [-0.3, -0.25) is 0 Å². The number of likely N-dealkylation sites (tertiary alicyclic amines) is 1. The van der Waals surface area contributed by atoms with Crippen molar-refractivity contribution >= 4 is 17.7 Å². The molecule has 5 rings (SSSR count). The van der Waals surface area contributed by atoms with Gasteiger partial charge >= 0.3 is 5.97 Å². The monoisotopic (exact) mass is 503 g/mol. The predicted octanol–water partition coefficient (Wildman–Crippen LogP) is 6.06. The Balaban J connectivity index is 1.22. The molecule has 0 saturated carbocycles. The number of carboxylic acids is 1. The highest BCUT2D eigenvalue weighted by Crippen LogP contribution is 2.44. The second kappa shape index (κ2) is 11.4. The fourth-order valence-electron chi connectivity index (χ4n) is 5.34. The second-order valence-electron chi connectivity index (χ2n) is 9.60. The number of piperidine rings is 1. The van der Waals surface area contributed by atoms with E-state index in [2.05, 4.69) is 41.3 Å². The van der Waals surface area contributed by atoms with Gasteiger partial charge < -0.3 is 19.5 Å². The Hall–Kier alpha value is -2.96. The molecular formula is C30H33NO4S. The zero-order valence-corrected chi connectivity index (χ0v) is 21.5. The molecule has 3 aromatic rings. The largest absolute Gasteiger partial charge is 0.496 e. The van der Waals surface area contributed by atoms with Crippen molar-refractivity contribution in [2.24, 2.45) is 5.92 Å². The molecule has 188 valence electrons. The van der Waals surface area contributed by atoms with Crippen molar-refractivity contribution in [3.8, 4) is 11.5 Å². The molecule has 6 heteroatoms. The summed E-state index contributed by atoms with van der Waals surface area (Å²) in [7, 11) is 1.75. The minimum Gasteiger partial charge on any atom is -0.496 e. The molecule has 36 heavy (non-hydrogen) atoms. The van der Waals surface area contributed by atoms with Crippen molar-refractivity contribution in [3.05, 3.63) is 94.5 Å². The Kier molecular flexibility index (Phi) is 7.83. The normalized spacial score (nSPS) is 18.0. The zero-order valence-electron chi connectivity index (χ0n) is 20.7. The van der Waals surface area contributed by atoms with Crippen LogP contribution in [0.15, 0.2) is 66.7 Å². The van der Waals surface area contributed by atoms with Crippen LogP contribution in [0.4, 0.5) is 0 Å². The average Bonchev–Trinajstić information content (AvgIpc) is 3.06. The molecule has 5 nitrogen and oxygen atoms in total. The zero-order chi connectivity index (χ0) is 24.9. The van der Waals surface area contributed by atoms with Crippen molar-refractivity contribution in [3.63, 3.8) is 0 Å². The van der Waals surface area contributed by atoms with Crippen molar-refractivity contribution < 1.29 is 19.4 Å². The Morgan fingerprint density at radius 1 is 1.06 bits per heavy atom. The predicted molar refractivity (Wildman–Crippen MR) is 144 cm³/mol. The van der Waals surface area contributed by atoms with Gasteiger partial charge in [-0.15, -0.1) is 11.8 Å². The highest BCUT2D eigenvalue weighted by molar-refractivity contribution is 7.99. The average molecular weight is 504 g/mol. The third kappa shape index (κ3) is 5.55.